The molecule has 4 aromatic carbocycles. The quantitative estimate of drug-likeness (QED) is 0.0406. The Labute approximate surface area is 416 Å². The van der Waals surface area contributed by atoms with Crippen LogP contribution < -0.4 is 37.3 Å². The molecule has 19 heteroatoms. The van der Waals surface area contributed by atoms with E-state index in [1.54, 1.807) is 67.6 Å². The third-order valence-corrected chi connectivity index (χ3v) is 12.5. The van der Waals surface area contributed by atoms with Gasteiger partial charge in [0, 0.05) is 72.9 Å². The van der Waals surface area contributed by atoms with E-state index in [0.29, 0.717) is 70.1 Å². The molecule has 0 aliphatic carbocycles. The number of ether oxygens (including phenoxy) is 2. The number of hydrogen-bond acceptors (Lipinski definition) is 13. The van der Waals surface area contributed by atoms with Crippen molar-refractivity contribution in [2.24, 2.45) is 29.0 Å². The average molecular weight is 997 g/mol. The van der Waals surface area contributed by atoms with Crippen LogP contribution in [0.15, 0.2) is 84.9 Å². The maximum atomic E-state index is 14.9. The molecule has 5 atom stereocenters. The van der Waals surface area contributed by atoms with Gasteiger partial charge in [0.05, 0.1) is 6.04 Å². The summed E-state index contributed by atoms with van der Waals surface area (Å²) >= 11 is 11.9. The molecule has 0 fully saturated rings. The first-order chi connectivity index (χ1) is 33.6. The number of aromatic amines is 1. The largest absolute Gasteiger partial charge is 0.492 e. The highest BCUT2D eigenvalue weighted by Crippen LogP contribution is 2.41. The van der Waals surface area contributed by atoms with Gasteiger partial charge in [-0.05, 0) is 96.6 Å². The minimum Gasteiger partial charge on any atom is -0.492 e. The number of nitrogens with two attached hydrogens (primary N) is 3. The number of Topliss-reactive ketones (excluding diaryl/α,β-unsaturated/α-hetero) is 3. The van der Waals surface area contributed by atoms with E-state index in [2.05, 4.69) is 25.8 Å². The zero-order valence-corrected chi connectivity index (χ0v) is 40.9. The standard InChI is InChI=1S/C51H59Cl2N9O8/c1-29-24-42(64)45(62(3)50(68)36(6-4-5-19-54)28-41(63)34-10-8-32(9-11-34)33-12-15-37(52)16-13-33)35-14-18-44(70-23-21-56)39(27-35)38-25-31(7-17-43(38)69-22-20-55)26-40(58-48(29)66)49(67)57-30(2)46(65)47-59-51(53)61-60-47/h7-18,25,27,29-30,36,40,45H,4-6,19-24,26,28,54-56H2,1-3H3,(H,57,67)(H,58,66)(H,59,60,61)/t29-,30+,36-,40+,45+/m1/s1. The maximum Gasteiger partial charge on any atom is 0.243 e. The van der Waals surface area contributed by atoms with Crippen molar-refractivity contribution in [2.45, 2.75) is 70.5 Å². The summed E-state index contributed by atoms with van der Waals surface area (Å²) in [5.41, 5.74) is 21.8. The fourth-order valence-corrected chi connectivity index (χ4v) is 8.59. The fraction of sp³-hybridized carbons (Fsp3) is 0.373. The zero-order chi connectivity index (χ0) is 50.5. The van der Waals surface area contributed by atoms with Crippen molar-refractivity contribution in [3.63, 3.8) is 0 Å². The highest BCUT2D eigenvalue weighted by atomic mass is 35.5. The van der Waals surface area contributed by atoms with Crippen molar-refractivity contribution >= 4 is 58.3 Å². The van der Waals surface area contributed by atoms with Crippen molar-refractivity contribution in [1.82, 2.24) is 30.7 Å². The van der Waals surface area contributed by atoms with E-state index in [-0.39, 0.29) is 62.5 Å². The van der Waals surface area contributed by atoms with Crippen LogP contribution in [0.25, 0.3) is 22.3 Å². The Morgan fingerprint density at radius 1 is 0.829 bits per heavy atom. The van der Waals surface area contributed by atoms with Crippen LogP contribution in [0.2, 0.25) is 10.3 Å². The van der Waals surface area contributed by atoms with E-state index in [1.165, 1.54) is 18.9 Å². The van der Waals surface area contributed by atoms with Crippen molar-refractivity contribution in [3.8, 4) is 33.8 Å². The molecule has 4 bridgehead atoms. The summed E-state index contributed by atoms with van der Waals surface area (Å²) in [5.74, 6) is -4.43. The van der Waals surface area contributed by atoms with Crippen LogP contribution in [-0.2, 0) is 25.6 Å². The van der Waals surface area contributed by atoms with E-state index in [4.69, 9.17) is 49.9 Å². The molecule has 3 amide bonds. The van der Waals surface area contributed by atoms with Gasteiger partial charge in [0.25, 0.3) is 0 Å². The number of unbranched alkanes of at least 4 members (excludes halogenated alkanes) is 1. The summed E-state index contributed by atoms with van der Waals surface area (Å²) in [4.78, 5) is 90.4. The first-order valence-corrected chi connectivity index (χ1v) is 23.9. The number of likely N-dealkylation sites (N-methyl/N-ethyl adjacent to an activating group) is 1. The maximum absolute atomic E-state index is 14.9. The lowest BCUT2D eigenvalue weighted by molar-refractivity contribution is -0.142. The van der Waals surface area contributed by atoms with Gasteiger partial charge in [-0.1, -0.05) is 73.5 Å². The number of carbonyl (C=O) groups excluding carboxylic acids is 6. The Morgan fingerprint density at radius 3 is 2.07 bits per heavy atom. The number of rotatable bonds is 20. The monoisotopic (exact) mass is 995 g/mol. The lowest BCUT2D eigenvalue weighted by Gasteiger charge is -2.32. The van der Waals surface area contributed by atoms with Gasteiger partial charge < -0.3 is 42.2 Å². The molecule has 370 valence electrons. The second-order valence-electron chi connectivity index (χ2n) is 17.3. The third-order valence-electron chi connectivity index (χ3n) is 12.1. The molecule has 0 spiro atoms. The molecule has 1 aromatic heterocycles. The van der Waals surface area contributed by atoms with Crippen LogP contribution in [0.5, 0.6) is 11.5 Å². The summed E-state index contributed by atoms with van der Waals surface area (Å²) in [5, 5.41) is 12.1. The third kappa shape index (κ3) is 13.4. The molecule has 0 unspecified atom stereocenters. The highest BCUT2D eigenvalue weighted by molar-refractivity contribution is 6.30. The molecule has 0 saturated heterocycles. The Bertz CT molecular complexity index is 2660. The van der Waals surface area contributed by atoms with Crippen LogP contribution in [0.4, 0.5) is 0 Å². The smallest absolute Gasteiger partial charge is 0.243 e. The number of H-pyrrole nitrogens is 1. The summed E-state index contributed by atoms with van der Waals surface area (Å²) in [7, 11) is 1.52. The van der Waals surface area contributed by atoms with E-state index in [1.807, 2.05) is 24.3 Å². The lowest BCUT2D eigenvalue weighted by Crippen LogP contribution is -2.53. The predicted molar refractivity (Wildman–Crippen MR) is 266 cm³/mol. The molecule has 6 rings (SSSR count). The molecule has 2 heterocycles. The Morgan fingerprint density at radius 2 is 1.46 bits per heavy atom. The predicted octanol–water partition coefficient (Wildman–Crippen LogP) is 5.66. The van der Waals surface area contributed by atoms with E-state index >= 15 is 0 Å². The van der Waals surface area contributed by atoms with Crippen molar-refractivity contribution in [1.29, 1.82) is 0 Å². The SMILES string of the molecule is C[C@@H]1CC(=O)[C@@H](N(C)C(=O)[C@H](CCCCN)CC(=O)c2ccc(-c3ccc(Cl)cc3)cc2)c2ccc(OCCN)c(c2)-c2cc(ccc2OCCN)C[C@@H](C(=O)N[C@@H](C)C(=O)c2n[nH]c(Cl)n2)NC1=O. The number of fused-ring (bicyclic) bond motifs is 5. The molecule has 5 aromatic rings. The highest BCUT2D eigenvalue weighted by Gasteiger charge is 2.37. The Kier molecular flexibility index (Phi) is 18.8. The van der Waals surface area contributed by atoms with Gasteiger partial charge >= 0.3 is 0 Å². The van der Waals surface area contributed by atoms with Gasteiger partial charge in [-0.2, -0.15) is 4.98 Å². The first kappa shape index (κ1) is 52.9. The minimum atomic E-state index is -1.26. The average Bonchev–Trinajstić information content (AvgIpc) is 3.80. The number of amides is 3. The second-order valence-corrected chi connectivity index (χ2v) is 18.1. The van der Waals surface area contributed by atoms with Gasteiger partial charge in [-0.15, -0.1) is 5.10 Å². The van der Waals surface area contributed by atoms with E-state index < -0.39 is 59.2 Å². The molecule has 0 radical (unpaired) electrons. The lowest BCUT2D eigenvalue weighted by atomic mass is 9.88. The van der Waals surface area contributed by atoms with Gasteiger partial charge in [-0.25, -0.2) is 5.10 Å². The van der Waals surface area contributed by atoms with E-state index in [0.717, 1.165) is 11.1 Å². The number of benzene rings is 4. The molecule has 1 aliphatic heterocycles. The van der Waals surface area contributed by atoms with Crippen molar-refractivity contribution < 1.29 is 38.2 Å². The molecule has 1 aliphatic rings. The normalized spacial score (nSPS) is 16.8. The number of carbonyl (C=O) groups is 6. The van der Waals surface area contributed by atoms with Crippen molar-refractivity contribution in [3.05, 3.63) is 118 Å². The number of aromatic nitrogens is 3. The fourth-order valence-electron chi connectivity index (χ4n) is 8.34. The van der Waals surface area contributed by atoms with E-state index in [9.17, 15) is 28.8 Å². The Balaban J connectivity index is 1.39. The number of ketones is 3. The van der Waals surface area contributed by atoms with Gasteiger partial charge in [-0.3, -0.25) is 28.8 Å². The molecular formula is C51H59Cl2N9O8. The molecule has 70 heavy (non-hydrogen) atoms. The number of nitrogens with zero attached hydrogens (tertiary/aromatic N) is 3. The van der Waals surface area contributed by atoms with Gasteiger partial charge in [0.15, 0.2) is 11.6 Å². The number of nitrogens with one attached hydrogen (secondary N) is 3. The zero-order valence-electron chi connectivity index (χ0n) is 39.3. The topological polar surface area (TPSA) is 268 Å². The summed E-state index contributed by atoms with van der Waals surface area (Å²) in [6.45, 7) is 4.04. The van der Waals surface area contributed by atoms with Crippen LogP contribution in [0, 0.1) is 11.8 Å². The van der Waals surface area contributed by atoms with Gasteiger partial charge in [0.1, 0.15) is 36.8 Å². The summed E-state index contributed by atoms with van der Waals surface area (Å²) in [6.07, 6.45) is 0.938. The van der Waals surface area contributed by atoms with Crippen molar-refractivity contribution in [2.75, 3.05) is 39.9 Å². The summed E-state index contributed by atoms with van der Waals surface area (Å²) < 4.78 is 12.3. The summed E-state index contributed by atoms with van der Waals surface area (Å²) in [6, 6.07) is 21.2. The molecular weight excluding hydrogens is 938 g/mol. The number of halogens is 2. The van der Waals surface area contributed by atoms with Crippen LogP contribution in [0.1, 0.15) is 84.1 Å². The molecule has 9 N–H and O–H groups in total. The Hall–Kier alpha value is -6.50. The van der Waals surface area contributed by atoms with Crippen LogP contribution >= 0.6 is 23.2 Å². The molecule has 17 nitrogen and oxygen atoms in total. The first-order valence-electron chi connectivity index (χ1n) is 23.2. The van der Waals surface area contributed by atoms with Crippen LogP contribution in [-0.4, -0.2) is 107 Å². The second kappa shape index (κ2) is 24.9. The molecule has 0 saturated carbocycles. The number of hydrogen-bond donors (Lipinski definition) is 6. The van der Waals surface area contributed by atoms with Gasteiger partial charge in [0.2, 0.25) is 34.6 Å². The van der Waals surface area contributed by atoms with Crippen LogP contribution in [0.3, 0.4) is 0 Å². The minimum absolute atomic E-state index is 0.0505.